The van der Waals surface area contributed by atoms with E-state index in [1.54, 1.807) is 7.11 Å². The summed E-state index contributed by atoms with van der Waals surface area (Å²) in [6.45, 7) is 7.70. The van der Waals surface area contributed by atoms with Crippen LogP contribution in [0, 0.1) is 26.2 Å². The molecule has 3 heterocycles. The predicted molar refractivity (Wildman–Crippen MR) is 157 cm³/mol. The number of hydrogen-bond donors (Lipinski definition) is 2. The number of rotatable bonds is 7. The molecule has 3 aromatic rings. The van der Waals surface area contributed by atoms with E-state index in [9.17, 15) is 13.6 Å². The molecule has 1 amide bonds. The summed E-state index contributed by atoms with van der Waals surface area (Å²) in [5.74, 6) is 1.87. The van der Waals surface area contributed by atoms with Gasteiger partial charge in [-0.05, 0) is 75.6 Å². The van der Waals surface area contributed by atoms with Gasteiger partial charge < -0.3 is 27.4 Å². The molecule has 2 fully saturated rings. The molecule has 2 aromatic carbocycles. The summed E-state index contributed by atoms with van der Waals surface area (Å²) < 4.78 is 27.8. The molecule has 0 aliphatic carbocycles. The average molecular weight is 677 g/mol. The number of nitrogens with zero attached hydrogens (tertiary/aromatic N) is 2. The number of benzene rings is 2. The van der Waals surface area contributed by atoms with Gasteiger partial charge >= 0.3 is 68.9 Å². The number of ether oxygens (including phenoxy) is 1. The first-order valence-corrected chi connectivity index (χ1v) is 13.3. The molecule has 0 radical (unpaired) electrons. The van der Waals surface area contributed by atoms with Crippen LogP contribution in [0.15, 0.2) is 48.7 Å². The fourth-order valence-electron chi connectivity index (χ4n) is 5.19. The van der Waals surface area contributed by atoms with E-state index in [0.29, 0.717) is 13.1 Å². The largest absolute Gasteiger partial charge is 1.00 e. The fourth-order valence-corrected chi connectivity index (χ4v) is 5.19. The van der Waals surface area contributed by atoms with E-state index < -0.39 is 0 Å². The van der Waals surface area contributed by atoms with Crippen molar-refractivity contribution >= 4 is 16.8 Å². The van der Waals surface area contributed by atoms with Crippen LogP contribution in [0.4, 0.5) is 8.78 Å². The average Bonchev–Trinajstić information content (AvgIpc) is 3.45. The van der Waals surface area contributed by atoms with Crippen LogP contribution in [0.5, 0.6) is 5.75 Å². The quantitative estimate of drug-likeness (QED) is 0.379. The Morgan fingerprint density at radius 3 is 2.33 bits per heavy atom. The zero-order chi connectivity index (χ0) is 27.5. The zero-order valence-electron chi connectivity index (χ0n) is 25.1. The van der Waals surface area contributed by atoms with E-state index in [0.717, 1.165) is 63.4 Å². The molecule has 0 saturated carbocycles. The van der Waals surface area contributed by atoms with Crippen LogP contribution in [0.3, 0.4) is 0 Å². The molecule has 216 valence electrons. The van der Waals surface area contributed by atoms with Crippen molar-refractivity contribution in [3.63, 3.8) is 0 Å². The number of alkyl halides is 2. The second-order valence-electron chi connectivity index (χ2n) is 10.2. The van der Waals surface area contributed by atoms with Gasteiger partial charge in [-0.2, -0.15) is 0 Å². The van der Waals surface area contributed by atoms with Crippen molar-refractivity contribution in [2.75, 3.05) is 60.7 Å². The molecule has 0 spiro atoms. The van der Waals surface area contributed by atoms with E-state index in [1.807, 2.05) is 36.5 Å². The van der Waals surface area contributed by atoms with Gasteiger partial charge in [-0.1, -0.05) is 18.2 Å². The molecule has 2 N–H and O–H groups in total. The number of nitrogens with one attached hydrogen (secondary N) is 2. The molecule has 6 nitrogen and oxygen atoms in total. The Hall–Kier alpha value is -0.918. The van der Waals surface area contributed by atoms with Crippen molar-refractivity contribution in [1.82, 2.24) is 20.1 Å². The van der Waals surface area contributed by atoms with Crippen LogP contribution >= 0.6 is 0 Å². The molecule has 0 bridgehead atoms. The third-order valence-electron chi connectivity index (χ3n) is 7.37. The number of methoxy groups -OCH3 is 1. The molecule has 1 aromatic heterocycles. The number of halogens is 2. The number of carbonyl (C=O) groups is 1. The SMILES string of the molecule is CF.CN1CC(CNC(=O)c2ccccc2)C1.COc1cc(C)c2[nH]ccc2c1CN1CCC(CF)CC1.[CH3-].[Cs+]. The van der Waals surface area contributed by atoms with Gasteiger partial charge in [0.2, 0.25) is 0 Å². The Kier molecular flexibility index (Phi) is 17.9. The number of H-pyrrole nitrogens is 1. The molecule has 9 heteroatoms. The second-order valence-corrected chi connectivity index (χ2v) is 10.2. The minimum atomic E-state index is -0.177. The van der Waals surface area contributed by atoms with E-state index in [-0.39, 0.29) is 94.8 Å². The van der Waals surface area contributed by atoms with Crippen molar-refractivity contribution in [1.29, 1.82) is 0 Å². The molecule has 5 rings (SSSR count). The maximum Gasteiger partial charge on any atom is 1.00 e. The summed E-state index contributed by atoms with van der Waals surface area (Å²) in [6, 6.07) is 13.6. The monoisotopic (exact) mass is 676 g/mol. The first-order valence-electron chi connectivity index (χ1n) is 13.3. The normalized spacial score (nSPS) is 15.8. The van der Waals surface area contributed by atoms with Crippen LogP contribution in [0.25, 0.3) is 10.9 Å². The van der Waals surface area contributed by atoms with Crippen molar-refractivity contribution in [2.45, 2.75) is 26.3 Å². The van der Waals surface area contributed by atoms with Gasteiger partial charge in [0.25, 0.3) is 5.91 Å². The van der Waals surface area contributed by atoms with Crippen LogP contribution in [-0.4, -0.2) is 81.4 Å². The van der Waals surface area contributed by atoms with Gasteiger partial charge in [0.05, 0.1) is 21.0 Å². The van der Waals surface area contributed by atoms with Crippen LogP contribution < -0.4 is 78.9 Å². The zero-order valence-corrected chi connectivity index (χ0v) is 31.4. The number of likely N-dealkylation sites (tertiary alicyclic amines) is 2. The van der Waals surface area contributed by atoms with Crippen molar-refractivity contribution < 1.29 is 87.2 Å². The van der Waals surface area contributed by atoms with Crippen molar-refractivity contribution in [3.8, 4) is 5.75 Å². The van der Waals surface area contributed by atoms with E-state index >= 15 is 0 Å². The summed E-state index contributed by atoms with van der Waals surface area (Å²) in [6.07, 6.45) is 3.90. The van der Waals surface area contributed by atoms with Crippen molar-refractivity contribution in [2.24, 2.45) is 11.8 Å². The number of hydrogen-bond acceptors (Lipinski definition) is 4. The molecule has 40 heavy (non-hydrogen) atoms. The predicted octanol–water partition coefficient (Wildman–Crippen LogP) is 2.68. The Morgan fingerprint density at radius 1 is 1.10 bits per heavy atom. The molecule has 2 aliphatic rings. The van der Waals surface area contributed by atoms with Crippen LogP contribution in [0.1, 0.15) is 34.3 Å². The third-order valence-corrected chi connectivity index (χ3v) is 7.37. The van der Waals surface area contributed by atoms with E-state index in [2.05, 4.69) is 46.2 Å². The number of aromatic amines is 1. The number of aryl methyl sites for hydroxylation is 1. The van der Waals surface area contributed by atoms with E-state index in [1.165, 1.54) is 22.0 Å². The molecular formula is C31H45CsF2N4O2. The summed E-state index contributed by atoms with van der Waals surface area (Å²) in [4.78, 5) is 19.6. The van der Waals surface area contributed by atoms with Gasteiger partial charge in [-0.25, -0.2) is 0 Å². The summed E-state index contributed by atoms with van der Waals surface area (Å²) >= 11 is 0. The Bertz CT molecular complexity index is 1130. The smallest absolute Gasteiger partial charge is 0.496 e. The topological polar surface area (TPSA) is 60.6 Å². The number of piperidine rings is 1. The Labute approximate surface area is 298 Å². The minimum Gasteiger partial charge on any atom is -0.496 e. The van der Waals surface area contributed by atoms with Gasteiger partial charge in [-0.3, -0.25) is 18.5 Å². The minimum absolute atomic E-state index is 0. The van der Waals surface area contributed by atoms with Crippen LogP contribution in [-0.2, 0) is 6.54 Å². The number of carbonyl (C=O) groups excluding carboxylic acids is 1. The van der Waals surface area contributed by atoms with Gasteiger partial charge in [0.15, 0.2) is 0 Å². The van der Waals surface area contributed by atoms with E-state index in [4.69, 9.17) is 4.74 Å². The van der Waals surface area contributed by atoms with Gasteiger partial charge in [0, 0.05) is 60.3 Å². The van der Waals surface area contributed by atoms with Gasteiger partial charge in [-0.15, -0.1) is 0 Å². The van der Waals surface area contributed by atoms with Gasteiger partial charge in [0.1, 0.15) is 5.75 Å². The molecule has 2 saturated heterocycles. The first-order chi connectivity index (χ1) is 18.5. The Morgan fingerprint density at radius 2 is 1.75 bits per heavy atom. The summed E-state index contributed by atoms with van der Waals surface area (Å²) in [5.41, 5.74) is 4.36. The maximum atomic E-state index is 12.7. The number of fused-ring (bicyclic) bond motifs is 1. The summed E-state index contributed by atoms with van der Waals surface area (Å²) in [5, 5.41) is 4.19. The number of aromatic nitrogens is 1. The molecule has 0 unspecified atom stereocenters. The molecule has 0 atom stereocenters. The molecular weight excluding hydrogens is 631 g/mol. The third kappa shape index (κ3) is 10.4. The standard InChI is InChI=1S/C17H23FN2O.C12H16N2O.CH3F.CH3.Cs/c1-12-9-16(21-2)15(14-3-6-19-17(12)14)11-20-7-4-13(10-18)5-8-20;1-14-8-10(9-14)7-13-12(15)11-5-3-2-4-6-11;1-2;;/h3,6,9,13,19H,4-5,7-8,10-11H2,1-2H3;2-6,10H,7-9H2,1H3,(H,13,15);1H3;1H3;/q;;;-1;+1. The van der Waals surface area contributed by atoms with Crippen LogP contribution in [0.2, 0.25) is 0 Å². The first kappa shape index (κ1) is 37.1. The molecule has 2 aliphatic heterocycles. The summed E-state index contributed by atoms with van der Waals surface area (Å²) in [7, 11) is 4.32. The second kappa shape index (κ2) is 19.3. The van der Waals surface area contributed by atoms with Crippen molar-refractivity contribution in [3.05, 3.63) is 72.8 Å². The number of amides is 1. The Balaban J connectivity index is 0.000000375. The maximum absolute atomic E-state index is 12.7. The fraction of sp³-hybridized carbons (Fsp3) is 0.484.